The van der Waals surface area contributed by atoms with Crippen LogP contribution in [0.1, 0.15) is 10.4 Å². The van der Waals surface area contributed by atoms with E-state index in [0.717, 1.165) is 22.0 Å². The summed E-state index contributed by atoms with van der Waals surface area (Å²) in [6.07, 6.45) is 8.53. The van der Waals surface area contributed by atoms with Gasteiger partial charge in [0.2, 0.25) is 0 Å². The van der Waals surface area contributed by atoms with Crippen molar-refractivity contribution in [2.75, 3.05) is 36.4 Å². The van der Waals surface area contributed by atoms with Crippen LogP contribution in [0, 0.1) is 0 Å². The number of aromatic amines is 1. The first-order chi connectivity index (χ1) is 16.4. The topological polar surface area (TPSA) is 103 Å². The number of amides is 1. The summed E-state index contributed by atoms with van der Waals surface area (Å²) in [5, 5.41) is 10.0. The minimum absolute atomic E-state index is 0.275. The summed E-state index contributed by atoms with van der Waals surface area (Å²) in [7, 11) is 17.3. The molecule has 0 atom stereocenters. The quantitative estimate of drug-likeness (QED) is 0.442. The van der Waals surface area contributed by atoms with Crippen molar-refractivity contribution in [3.63, 3.8) is 0 Å². The number of hydrogen-bond acceptors (Lipinski definition) is 7. The molecule has 0 bridgehead atoms. The van der Waals surface area contributed by atoms with Gasteiger partial charge < -0.3 is 15.1 Å². The first-order valence-electron chi connectivity index (χ1n) is 10.8. The van der Waals surface area contributed by atoms with Gasteiger partial charge in [0.1, 0.15) is 11.6 Å². The zero-order valence-electron chi connectivity index (χ0n) is 18.3. The number of anilines is 2. The standard InChI is InChI=1S/C22H19B3N8O/c23-22(24,25)33-5-3-32(4-6-33)20-9-14(1-2-26-20)21(34)31-19-8-15-7-18(17-12-29-30-13-17)27-10-16(15)11-28-19/h1-2,7-13H,3-6H2,(H,29,30)(H,28,31,34). The Bertz CT molecular complexity index is 1320. The van der Waals surface area contributed by atoms with Gasteiger partial charge in [-0.3, -0.25) is 14.9 Å². The summed E-state index contributed by atoms with van der Waals surface area (Å²) in [6, 6.07) is 7.17. The summed E-state index contributed by atoms with van der Waals surface area (Å²) in [5.41, 5.74) is 2.14. The van der Waals surface area contributed by atoms with Crippen LogP contribution >= 0.6 is 0 Å². The monoisotopic (exact) mass is 444 g/mol. The number of pyridine rings is 3. The Balaban J connectivity index is 1.31. The van der Waals surface area contributed by atoms with Crippen LogP contribution in [-0.4, -0.2) is 90.9 Å². The highest BCUT2D eigenvalue weighted by Gasteiger charge is 2.25. The molecule has 6 radical (unpaired) electrons. The molecule has 0 unspecified atom stereocenters. The molecule has 4 aromatic heterocycles. The molecule has 0 aliphatic carbocycles. The highest BCUT2D eigenvalue weighted by atomic mass is 16.1. The number of nitrogens with zero attached hydrogens (tertiary/aromatic N) is 6. The molecule has 34 heavy (non-hydrogen) atoms. The van der Waals surface area contributed by atoms with Crippen LogP contribution in [0.2, 0.25) is 0 Å². The molecule has 12 heteroatoms. The lowest BCUT2D eigenvalue weighted by molar-refractivity contribution is 0.102. The van der Waals surface area contributed by atoms with Gasteiger partial charge in [-0.15, -0.1) is 0 Å². The van der Waals surface area contributed by atoms with E-state index in [1.165, 1.54) is 0 Å². The molecule has 162 valence electrons. The summed E-state index contributed by atoms with van der Waals surface area (Å²) in [6.45, 7) is 2.48. The van der Waals surface area contributed by atoms with Gasteiger partial charge in [-0.1, -0.05) is 5.24 Å². The Morgan fingerprint density at radius 2 is 1.76 bits per heavy atom. The number of carbonyl (C=O) groups is 1. The average molecular weight is 444 g/mol. The maximum absolute atomic E-state index is 12.9. The molecule has 0 spiro atoms. The van der Waals surface area contributed by atoms with Crippen molar-refractivity contribution in [1.29, 1.82) is 0 Å². The predicted octanol–water partition coefficient (Wildman–Crippen LogP) is 0.906. The molecule has 5 heterocycles. The van der Waals surface area contributed by atoms with Crippen LogP contribution in [0.15, 0.2) is 55.2 Å². The smallest absolute Gasteiger partial charge is 0.257 e. The van der Waals surface area contributed by atoms with Crippen LogP contribution < -0.4 is 10.2 Å². The van der Waals surface area contributed by atoms with E-state index in [1.807, 2.05) is 12.1 Å². The van der Waals surface area contributed by atoms with Crippen LogP contribution in [0.25, 0.3) is 22.0 Å². The molecule has 1 fully saturated rings. The van der Waals surface area contributed by atoms with Gasteiger partial charge in [-0.25, -0.2) is 9.97 Å². The Morgan fingerprint density at radius 3 is 2.50 bits per heavy atom. The van der Waals surface area contributed by atoms with Crippen molar-refractivity contribution >= 4 is 51.9 Å². The second kappa shape index (κ2) is 8.94. The number of hydrogen-bond donors (Lipinski definition) is 2. The molecule has 0 saturated carbocycles. The molecule has 1 aliphatic rings. The fourth-order valence-corrected chi connectivity index (χ4v) is 3.90. The van der Waals surface area contributed by atoms with Crippen LogP contribution in [0.3, 0.4) is 0 Å². The highest BCUT2D eigenvalue weighted by molar-refractivity contribution is 6.59. The molecular weight excluding hydrogens is 425 g/mol. The van der Waals surface area contributed by atoms with Gasteiger partial charge in [0.25, 0.3) is 5.91 Å². The van der Waals surface area contributed by atoms with Crippen molar-refractivity contribution in [3.8, 4) is 11.3 Å². The number of carbonyl (C=O) groups excluding carboxylic acids is 1. The van der Waals surface area contributed by atoms with Gasteiger partial charge in [0.05, 0.1) is 35.4 Å². The molecule has 9 nitrogen and oxygen atoms in total. The molecule has 5 rings (SSSR count). The lowest BCUT2D eigenvalue weighted by atomic mass is 9.48. The zero-order chi connectivity index (χ0) is 23.7. The molecule has 1 amide bonds. The van der Waals surface area contributed by atoms with Crippen LogP contribution in [-0.2, 0) is 0 Å². The number of fused-ring (bicyclic) bond motifs is 1. The van der Waals surface area contributed by atoms with E-state index in [9.17, 15) is 4.79 Å². The molecule has 1 saturated heterocycles. The maximum Gasteiger partial charge on any atom is 0.257 e. The van der Waals surface area contributed by atoms with E-state index in [2.05, 4.69) is 35.4 Å². The minimum atomic E-state index is -1.34. The van der Waals surface area contributed by atoms with Crippen LogP contribution in [0.5, 0.6) is 0 Å². The SMILES string of the molecule is [B]C([B])([B])N1CCN(c2cc(C(=O)Nc3cc4cc(-c5cn[nH]c5)ncc4cn3)ccn2)CC1. The summed E-state index contributed by atoms with van der Waals surface area (Å²) >= 11 is 0. The van der Waals surface area contributed by atoms with Gasteiger partial charge >= 0.3 is 0 Å². The molecule has 2 N–H and O–H groups in total. The second-order valence-corrected chi connectivity index (χ2v) is 8.19. The Labute approximate surface area is 200 Å². The zero-order valence-corrected chi connectivity index (χ0v) is 18.3. The third-order valence-electron chi connectivity index (χ3n) is 5.80. The normalized spacial score (nSPS) is 14.9. The number of rotatable bonds is 5. The van der Waals surface area contributed by atoms with Gasteiger partial charge in [-0.05, 0) is 29.7 Å². The van der Waals surface area contributed by atoms with Gasteiger partial charge in [0, 0.05) is 67.5 Å². The molecular formula is C22H19B3N8O. The molecule has 4 aromatic rings. The van der Waals surface area contributed by atoms with Gasteiger partial charge in [0.15, 0.2) is 0 Å². The van der Waals surface area contributed by atoms with E-state index in [0.29, 0.717) is 43.4 Å². The summed E-state index contributed by atoms with van der Waals surface area (Å²) in [5.74, 6) is 0.869. The van der Waals surface area contributed by atoms with Crippen molar-refractivity contribution < 1.29 is 4.79 Å². The third-order valence-corrected chi connectivity index (χ3v) is 5.80. The summed E-state index contributed by atoms with van der Waals surface area (Å²) < 4.78 is 0. The Hall–Kier alpha value is -3.66. The van der Waals surface area contributed by atoms with Crippen LogP contribution in [0.4, 0.5) is 11.6 Å². The second-order valence-electron chi connectivity index (χ2n) is 8.19. The van der Waals surface area contributed by atoms with E-state index in [4.69, 9.17) is 23.5 Å². The van der Waals surface area contributed by atoms with E-state index in [-0.39, 0.29) is 5.91 Å². The largest absolute Gasteiger partial charge is 0.354 e. The Kier molecular flexibility index (Phi) is 5.83. The average Bonchev–Trinajstić information content (AvgIpc) is 3.38. The first-order valence-corrected chi connectivity index (χ1v) is 10.8. The number of H-pyrrole nitrogens is 1. The fraction of sp³-hybridized carbons (Fsp3) is 0.227. The van der Waals surface area contributed by atoms with Gasteiger partial charge in [-0.2, -0.15) is 5.10 Å². The molecule has 0 aromatic carbocycles. The number of piperazine rings is 1. The van der Waals surface area contributed by atoms with E-state index < -0.39 is 5.24 Å². The third kappa shape index (κ3) is 4.67. The first kappa shape index (κ1) is 22.2. The van der Waals surface area contributed by atoms with Crippen molar-refractivity contribution in [3.05, 3.63) is 60.8 Å². The van der Waals surface area contributed by atoms with Crippen molar-refractivity contribution in [1.82, 2.24) is 30.0 Å². The summed E-state index contributed by atoms with van der Waals surface area (Å²) in [4.78, 5) is 30.0. The predicted molar refractivity (Wildman–Crippen MR) is 133 cm³/mol. The minimum Gasteiger partial charge on any atom is -0.354 e. The fourth-order valence-electron chi connectivity index (χ4n) is 3.90. The van der Waals surface area contributed by atoms with E-state index >= 15 is 0 Å². The van der Waals surface area contributed by atoms with E-state index in [1.54, 1.807) is 48.0 Å². The number of nitrogens with one attached hydrogen (secondary N) is 2. The molecule has 1 aliphatic heterocycles. The number of aromatic nitrogens is 5. The van der Waals surface area contributed by atoms with Crippen molar-refractivity contribution in [2.24, 2.45) is 0 Å². The maximum atomic E-state index is 12.9. The highest BCUT2D eigenvalue weighted by Crippen LogP contribution is 2.23. The lowest BCUT2D eigenvalue weighted by Gasteiger charge is -2.43. The van der Waals surface area contributed by atoms with Crippen molar-refractivity contribution in [2.45, 2.75) is 5.24 Å². The lowest BCUT2D eigenvalue weighted by Crippen LogP contribution is -2.58. The Morgan fingerprint density at radius 1 is 0.971 bits per heavy atom.